The van der Waals surface area contributed by atoms with Crippen LogP contribution in [0.2, 0.25) is 0 Å². The second-order valence-electron chi connectivity index (χ2n) is 4.72. The molecule has 106 valence electrons. The summed E-state index contributed by atoms with van der Waals surface area (Å²) in [6.45, 7) is 0.858. The summed E-state index contributed by atoms with van der Waals surface area (Å²) in [4.78, 5) is 8.38. The number of nitrogens with two attached hydrogens (primary N) is 1. The highest BCUT2D eigenvalue weighted by molar-refractivity contribution is 5.50. The van der Waals surface area contributed by atoms with E-state index in [1.54, 1.807) is 12.5 Å². The Morgan fingerprint density at radius 2 is 2.10 bits per heavy atom. The quantitative estimate of drug-likeness (QED) is 0.786. The number of fused-ring (bicyclic) bond motifs is 1. The Morgan fingerprint density at radius 3 is 2.95 bits per heavy atom. The standard InChI is InChI=1S/C14H13N5O2/c15-14-16-3-4-18(14)6-10-7-19(8-17-10)11-1-2-12-13(5-11)21-9-20-12/h1-5,7-8H,6,9H2,(H2,15,16). The third-order valence-corrected chi connectivity index (χ3v) is 3.37. The van der Waals surface area contributed by atoms with E-state index in [0.717, 1.165) is 22.9 Å². The molecule has 3 aromatic rings. The van der Waals surface area contributed by atoms with Gasteiger partial charge >= 0.3 is 0 Å². The van der Waals surface area contributed by atoms with Crippen molar-refractivity contribution in [2.45, 2.75) is 6.54 Å². The van der Waals surface area contributed by atoms with Crippen molar-refractivity contribution >= 4 is 5.95 Å². The lowest BCUT2D eigenvalue weighted by Gasteiger charge is -2.03. The van der Waals surface area contributed by atoms with Gasteiger partial charge in [0.15, 0.2) is 17.4 Å². The first-order valence-electron chi connectivity index (χ1n) is 6.49. The van der Waals surface area contributed by atoms with Gasteiger partial charge in [-0.15, -0.1) is 0 Å². The number of hydrogen-bond acceptors (Lipinski definition) is 5. The Bertz CT molecular complexity index is 792. The third kappa shape index (κ3) is 2.08. The van der Waals surface area contributed by atoms with E-state index in [1.165, 1.54) is 0 Å². The molecule has 3 heterocycles. The van der Waals surface area contributed by atoms with Crippen LogP contribution in [0.3, 0.4) is 0 Å². The van der Waals surface area contributed by atoms with E-state index in [2.05, 4.69) is 9.97 Å². The van der Waals surface area contributed by atoms with E-state index in [1.807, 2.05) is 39.7 Å². The van der Waals surface area contributed by atoms with E-state index in [9.17, 15) is 0 Å². The molecule has 1 aromatic carbocycles. The number of benzene rings is 1. The summed E-state index contributed by atoms with van der Waals surface area (Å²) < 4.78 is 14.5. The maximum Gasteiger partial charge on any atom is 0.231 e. The topological polar surface area (TPSA) is 80.1 Å². The smallest absolute Gasteiger partial charge is 0.231 e. The molecule has 0 unspecified atom stereocenters. The van der Waals surface area contributed by atoms with Crippen LogP contribution >= 0.6 is 0 Å². The van der Waals surface area contributed by atoms with E-state index in [0.29, 0.717) is 12.5 Å². The fourth-order valence-corrected chi connectivity index (χ4v) is 2.28. The van der Waals surface area contributed by atoms with Gasteiger partial charge in [-0.3, -0.25) is 0 Å². The van der Waals surface area contributed by atoms with Crippen LogP contribution in [0.5, 0.6) is 11.5 Å². The minimum absolute atomic E-state index is 0.272. The predicted octanol–water partition coefficient (Wildman–Crippen LogP) is 1.43. The summed E-state index contributed by atoms with van der Waals surface area (Å²) in [5, 5.41) is 0. The lowest BCUT2D eigenvalue weighted by Crippen LogP contribution is -2.03. The van der Waals surface area contributed by atoms with E-state index < -0.39 is 0 Å². The van der Waals surface area contributed by atoms with Crippen molar-refractivity contribution < 1.29 is 9.47 Å². The van der Waals surface area contributed by atoms with Crippen LogP contribution in [0.1, 0.15) is 5.69 Å². The molecule has 0 saturated carbocycles. The number of rotatable bonds is 3. The molecule has 0 fully saturated rings. The molecule has 1 aliphatic heterocycles. The summed E-state index contributed by atoms with van der Waals surface area (Å²) in [5.74, 6) is 2.00. The molecule has 4 rings (SSSR count). The van der Waals surface area contributed by atoms with Crippen molar-refractivity contribution in [1.82, 2.24) is 19.1 Å². The molecule has 0 amide bonds. The van der Waals surface area contributed by atoms with Crippen LogP contribution in [0.15, 0.2) is 43.1 Å². The summed E-state index contributed by atoms with van der Waals surface area (Å²) >= 11 is 0. The molecule has 7 heteroatoms. The number of hydrogen-bond donors (Lipinski definition) is 1. The highest BCUT2D eigenvalue weighted by atomic mass is 16.7. The zero-order chi connectivity index (χ0) is 14.2. The Balaban J connectivity index is 1.61. The number of aromatic nitrogens is 4. The van der Waals surface area contributed by atoms with Gasteiger partial charge in [0, 0.05) is 24.7 Å². The van der Waals surface area contributed by atoms with Gasteiger partial charge in [-0.2, -0.15) is 0 Å². The molecule has 0 bridgehead atoms. The van der Waals surface area contributed by atoms with Crippen LogP contribution in [-0.2, 0) is 6.54 Å². The third-order valence-electron chi connectivity index (χ3n) is 3.37. The average molecular weight is 283 g/mol. The molecule has 2 N–H and O–H groups in total. The molecule has 0 spiro atoms. The highest BCUT2D eigenvalue weighted by Gasteiger charge is 2.14. The fourth-order valence-electron chi connectivity index (χ4n) is 2.28. The first-order valence-corrected chi connectivity index (χ1v) is 6.49. The van der Waals surface area contributed by atoms with Crippen LogP contribution < -0.4 is 15.2 Å². The van der Waals surface area contributed by atoms with E-state index >= 15 is 0 Å². The fraction of sp³-hybridized carbons (Fsp3) is 0.143. The van der Waals surface area contributed by atoms with Crippen molar-refractivity contribution in [1.29, 1.82) is 0 Å². The molecule has 0 aliphatic carbocycles. The van der Waals surface area contributed by atoms with Crippen LogP contribution in [-0.4, -0.2) is 25.9 Å². The molecule has 0 atom stereocenters. The molecule has 0 saturated heterocycles. The van der Waals surface area contributed by atoms with Crippen molar-refractivity contribution in [3.8, 4) is 17.2 Å². The number of ether oxygens (including phenoxy) is 2. The molecular formula is C14H13N5O2. The summed E-state index contributed by atoms with van der Waals surface area (Å²) in [7, 11) is 0. The second-order valence-corrected chi connectivity index (χ2v) is 4.72. The maximum absolute atomic E-state index is 5.75. The van der Waals surface area contributed by atoms with Gasteiger partial charge in [0.1, 0.15) is 0 Å². The van der Waals surface area contributed by atoms with E-state index in [-0.39, 0.29) is 6.79 Å². The zero-order valence-electron chi connectivity index (χ0n) is 11.1. The van der Waals surface area contributed by atoms with Crippen LogP contribution in [0, 0.1) is 0 Å². The van der Waals surface area contributed by atoms with Crippen molar-refractivity contribution in [3.63, 3.8) is 0 Å². The SMILES string of the molecule is Nc1nccn1Cc1cn(-c2ccc3c(c2)OCO3)cn1. The first kappa shape index (κ1) is 11.8. The van der Waals surface area contributed by atoms with Crippen molar-refractivity contribution in [2.75, 3.05) is 12.5 Å². The zero-order valence-corrected chi connectivity index (χ0v) is 11.1. The van der Waals surface area contributed by atoms with Crippen molar-refractivity contribution in [2.24, 2.45) is 0 Å². The monoisotopic (exact) mass is 283 g/mol. The van der Waals surface area contributed by atoms with Crippen LogP contribution in [0.4, 0.5) is 5.95 Å². The van der Waals surface area contributed by atoms with Gasteiger partial charge in [0.25, 0.3) is 0 Å². The van der Waals surface area contributed by atoms with Crippen LogP contribution in [0.25, 0.3) is 5.69 Å². The van der Waals surface area contributed by atoms with Gasteiger partial charge in [0.2, 0.25) is 6.79 Å². The lowest BCUT2D eigenvalue weighted by molar-refractivity contribution is 0.174. The number of nitrogens with zero attached hydrogens (tertiary/aromatic N) is 4. The summed E-state index contributed by atoms with van der Waals surface area (Å²) in [6, 6.07) is 5.79. The lowest BCUT2D eigenvalue weighted by atomic mass is 10.3. The Hall–Kier alpha value is -2.96. The highest BCUT2D eigenvalue weighted by Crippen LogP contribution is 2.33. The minimum Gasteiger partial charge on any atom is -0.454 e. The van der Waals surface area contributed by atoms with Gasteiger partial charge in [-0.1, -0.05) is 0 Å². The Labute approximate surface area is 120 Å². The molecule has 2 aromatic heterocycles. The van der Waals surface area contributed by atoms with Gasteiger partial charge < -0.3 is 24.3 Å². The summed E-state index contributed by atoms with van der Waals surface area (Å²) in [6.07, 6.45) is 7.22. The van der Waals surface area contributed by atoms with Gasteiger partial charge in [0.05, 0.1) is 24.3 Å². The molecule has 7 nitrogen and oxygen atoms in total. The molecule has 1 aliphatic rings. The predicted molar refractivity (Wildman–Crippen MR) is 75.4 cm³/mol. The Kier molecular flexibility index (Phi) is 2.56. The minimum atomic E-state index is 0.272. The molecular weight excluding hydrogens is 270 g/mol. The summed E-state index contributed by atoms with van der Waals surface area (Å²) in [5.41, 5.74) is 7.62. The maximum atomic E-state index is 5.75. The molecule has 0 radical (unpaired) electrons. The first-order chi connectivity index (χ1) is 10.3. The Morgan fingerprint density at radius 1 is 1.19 bits per heavy atom. The van der Waals surface area contributed by atoms with Gasteiger partial charge in [-0.25, -0.2) is 9.97 Å². The largest absolute Gasteiger partial charge is 0.454 e. The average Bonchev–Trinajstić information content (AvgIpc) is 3.20. The van der Waals surface area contributed by atoms with E-state index in [4.69, 9.17) is 15.2 Å². The van der Waals surface area contributed by atoms with Gasteiger partial charge in [-0.05, 0) is 12.1 Å². The number of nitrogen functional groups attached to an aromatic ring is 1. The normalized spacial score (nSPS) is 12.8. The van der Waals surface area contributed by atoms with Crippen molar-refractivity contribution in [3.05, 3.63) is 48.8 Å². The number of imidazole rings is 2. The molecule has 21 heavy (non-hydrogen) atoms. The number of anilines is 1. The second kappa shape index (κ2) is 4.55.